The number of hydrogen-bond acceptors (Lipinski definition) is 3. The van der Waals surface area contributed by atoms with Crippen LogP contribution in [0, 0.1) is 5.82 Å². The predicted molar refractivity (Wildman–Crippen MR) is 80.2 cm³/mol. The molecule has 0 aliphatic rings. The van der Waals surface area contributed by atoms with Crippen molar-refractivity contribution in [3.63, 3.8) is 0 Å². The van der Waals surface area contributed by atoms with Gasteiger partial charge in [-0.3, -0.25) is 4.98 Å². The number of fused-ring (bicyclic) bond motifs is 1. The summed E-state index contributed by atoms with van der Waals surface area (Å²) in [5.74, 6) is 0.215. The monoisotopic (exact) mass is 329 g/mol. The van der Waals surface area contributed by atoms with E-state index in [1.807, 2.05) is 11.5 Å². The van der Waals surface area contributed by atoms with Gasteiger partial charge in [-0.1, -0.05) is 11.6 Å². The Morgan fingerprint density at radius 3 is 2.90 bits per heavy atom. The number of alkyl halides is 1. The Kier molecular flexibility index (Phi) is 3.67. The molecule has 3 nitrogen and oxygen atoms in total. The first-order valence-corrected chi connectivity index (χ1v) is 7.62. The van der Waals surface area contributed by atoms with E-state index in [4.69, 9.17) is 23.2 Å². The van der Waals surface area contributed by atoms with E-state index in [2.05, 4.69) is 9.97 Å². The Labute approximate surface area is 129 Å². The zero-order valence-corrected chi connectivity index (χ0v) is 12.8. The van der Waals surface area contributed by atoms with Gasteiger partial charge < -0.3 is 4.57 Å². The Hall–Kier alpha value is -1.17. The van der Waals surface area contributed by atoms with E-state index in [0.717, 1.165) is 10.4 Å². The van der Waals surface area contributed by atoms with Gasteiger partial charge in [0, 0.05) is 17.1 Å². The molecule has 0 saturated heterocycles. The Bertz CT molecular complexity index is 753. The van der Waals surface area contributed by atoms with Crippen LogP contribution < -0.4 is 0 Å². The summed E-state index contributed by atoms with van der Waals surface area (Å²) in [5, 5.41) is -0.200. The van der Waals surface area contributed by atoms with Crippen LogP contribution >= 0.6 is 34.5 Å². The molecule has 2 heterocycles. The second-order valence-electron chi connectivity index (χ2n) is 4.39. The molecule has 0 spiro atoms. The largest absolute Gasteiger partial charge is 0.321 e. The number of imidazole rings is 1. The van der Waals surface area contributed by atoms with Crippen LogP contribution in [0.2, 0.25) is 5.02 Å². The molecule has 104 valence electrons. The summed E-state index contributed by atoms with van der Waals surface area (Å²) in [4.78, 5) is 9.54. The highest BCUT2D eigenvalue weighted by Gasteiger charge is 2.17. The van der Waals surface area contributed by atoms with E-state index in [9.17, 15) is 4.39 Å². The molecule has 0 N–H and O–H groups in total. The number of halogens is 3. The van der Waals surface area contributed by atoms with Crippen molar-refractivity contribution in [1.29, 1.82) is 0 Å². The van der Waals surface area contributed by atoms with Gasteiger partial charge >= 0.3 is 0 Å². The lowest BCUT2D eigenvalue weighted by molar-refractivity contribution is 0.629. The van der Waals surface area contributed by atoms with Crippen molar-refractivity contribution in [3.8, 4) is 0 Å². The highest BCUT2D eigenvalue weighted by Crippen LogP contribution is 2.29. The molecular formula is C13H10Cl2FN3S. The molecule has 20 heavy (non-hydrogen) atoms. The lowest BCUT2D eigenvalue weighted by atomic mass is 10.3. The quantitative estimate of drug-likeness (QED) is 0.655. The minimum Gasteiger partial charge on any atom is -0.321 e. The Morgan fingerprint density at radius 1 is 1.45 bits per heavy atom. The van der Waals surface area contributed by atoms with Crippen LogP contribution in [-0.4, -0.2) is 14.5 Å². The second kappa shape index (κ2) is 5.31. The minimum atomic E-state index is -0.476. The molecule has 0 amide bonds. The van der Waals surface area contributed by atoms with Crippen molar-refractivity contribution in [3.05, 3.63) is 45.4 Å². The molecule has 0 radical (unpaired) electrons. The summed E-state index contributed by atoms with van der Waals surface area (Å²) in [6, 6.07) is 2.92. The number of benzene rings is 1. The third-order valence-corrected chi connectivity index (χ3v) is 4.22. The molecule has 3 aromatic rings. The van der Waals surface area contributed by atoms with E-state index < -0.39 is 5.82 Å². The number of aromatic nitrogens is 3. The maximum absolute atomic E-state index is 13.5. The summed E-state index contributed by atoms with van der Waals surface area (Å²) in [5.41, 5.74) is 3.09. The van der Waals surface area contributed by atoms with Gasteiger partial charge in [0.2, 0.25) is 0 Å². The van der Waals surface area contributed by atoms with Crippen molar-refractivity contribution in [1.82, 2.24) is 14.5 Å². The van der Waals surface area contributed by atoms with Gasteiger partial charge in [0.25, 0.3) is 0 Å². The van der Waals surface area contributed by atoms with E-state index in [0.29, 0.717) is 17.9 Å². The lowest BCUT2D eigenvalue weighted by Gasteiger charge is -2.09. The fourth-order valence-electron chi connectivity index (χ4n) is 2.08. The molecule has 0 aliphatic carbocycles. The van der Waals surface area contributed by atoms with Crippen molar-refractivity contribution < 1.29 is 4.39 Å². The smallest absolute Gasteiger partial charge is 0.144 e. The summed E-state index contributed by atoms with van der Waals surface area (Å²) in [6.45, 7) is 2.43. The molecule has 0 bridgehead atoms. The van der Waals surface area contributed by atoms with Gasteiger partial charge in [-0.05, 0) is 13.0 Å². The van der Waals surface area contributed by atoms with Gasteiger partial charge in [0.15, 0.2) is 0 Å². The van der Waals surface area contributed by atoms with Crippen LogP contribution in [-0.2, 0) is 6.54 Å². The summed E-state index contributed by atoms with van der Waals surface area (Å²) in [7, 11) is 0. The molecule has 0 aliphatic heterocycles. The van der Waals surface area contributed by atoms with E-state index in [1.54, 1.807) is 29.1 Å². The normalized spacial score (nSPS) is 13.0. The number of rotatable bonds is 3. The predicted octanol–water partition coefficient (Wildman–Crippen LogP) is 4.63. The molecule has 1 atom stereocenters. The van der Waals surface area contributed by atoms with Crippen LogP contribution in [0.15, 0.2) is 23.8 Å². The second-order valence-corrected chi connectivity index (χ2v) is 6.43. The van der Waals surface area contributed by atoms with Gasteiger partial charge in [0.05, 0.1) is 33.5 Å². The van der Waals surface area contributed by atoms with Gasteiger partial charge in [-0.25, -0.2) is 9.37 Å². The van der Waals surface area contributed by atoms with Crippen LogP contribution in [0.3, 0.4) is 0 Å². The zero-order valence-electron chi connectivity index (χ0n) is 10.5. The first-order valence-electron chi connectivity index (χ1n) is 5.93. The summed E-state index contributed by atoms with van der Waals surface area (Å²) >= 11 is 13.6. The lowest BCUT2D eigenvalue weighted by Crippen LogP contribution is -2.04. The van der Waals surface area contributed by atoms with Crippen LogP contribution in [0.25, 0.3) is 11.0 Å². The van der Waals surface area contributed by atoms with E-state index in [1.165, 1.54) is 6.07 Å². The Balaban J connectivity index is 2.20. The number of thiazole rings is 1. The highest BCUT2D eigenvalue weighted by atomic mass is 35.5. The molecular weight excluding hydrogens is 320 g/mol. The van der Waals surface area contributed by atoms with E-state index in [-0.39, 0.29) is 10.4 Å². The fourth-order valence-corrected chi connectivity index (χ4v) is 2.99. The van der Waals surface area contributed by atoms with Crippen LogP contribution in [0.1, 0.15) is 23.0 Å². The third-order valence-electron chi connectivity index (χ3n) is 2.97. The molecule has 3 rings (SSSR count). The first kappa shape index (κ1) is 13.8. The molecule has 1 unspecified atom stereocenters. The zero-order chi connectivity index (χ0) is 14.3. The number of hydrogen-bond donors (Lipinski definition) is 0. The highest BCUT2D eigenvalue weighted by molar-refractivity contribution is 7.09. The average Bonchev–Trinajstić information content (AvgIpc) is 3.00. The van der Waals surface area contributed by atoms with Crippen LogP contribution in [0.4, 0.5) is 4.39 Å². The first-order chi connectivity index (χ1) is 9.56. The molecule has 0 saturated carbocycles. The maximum atomic E-state index is 13.5. The topological polar surface area (TPSA) is 30.7 Å². The van der Waals surface area contributed by atoms with Crippen LogP contribution in [0.5, 0.6) is 0 Å². The third kappa shape index (κ3) is 2.41. The summed E-state index contributed by atoms with van der Waals surface area (Å²) in [6.07, 6.45) is 1.80. The molecule has 1 aromatic carbocycles. The van der Waals surface area contributed by atoms with E-state index >= 15 is 0 Å². The van der Waals surface area contributed by atoms with Gasteiger partial charge in [-0.15, -0.1) is 22.9 Å². The van der Waals surface area contributed by atoms with Crippen molar-refractivity contribution in [2.75, 3.05) is 0 Å². The maximum Gasteiger partial charge on any atom is 0.144 e. The van der Waals surface area contributed by atoms with Crippen molar-refractivity contribution in [2.45, 2.75) is 18.8 Å². The standard InChI is InChI=1S/C13H10Cl2FN3S/c1-7(14)13-18-11-3-10(16)9(15)2-12(11)19(13)5-8-4-17-6-20-8/h2-4,6-7H,5H2,1H3. The SMILES string of the molecule is CC(Cl)c1nc2cc(F)c(Cl)cc2n1Cc1cncs1. The summed E-state index contributed by atoms with van der Waals surface area (Å²) < 4.78 is 15.5. The number of nitrogens with zero attached hydrogens (tertiary/aromatic N) is 3. The molecule has 2 aromatic heterocycles. The molecule has 0 fully saturated rings. The van der Waals surface area contributed by atoms with Gasteiger partial charge in [0.1, 0.15) is 11.6 Å². The minimum absolute atomic E-state index is 0.0803. The Morgan fingerprint density at radius 2 is 2.25 bits per heavy atom. The molecule has 7 heteroatoms. The fraction of sp³-hybridized carbons (Fsp3) is 0.231. The van der Waals surface area contributed by atoms with Crippen molar-refractivity contribution >= 4 is 45.6 Å². The average molecular weight is 330 g/mol. The van der Waals surface area contributed by atoms with Gasteiger partial charge in [-0.2, -0.15) is 0 Å². The van der Waals surface area contributed by atoms with Crippen molar-refractivity contribution in [2.24, 2.45) is 0 Å².